The standard InChI is InChI=1S/C20H23N3O4/c1-14-11-16(27-13-19(21)24)7-8-17(14)22-20(25)23-9-10-26-18(12-23)15-5-3-2-4-6-15/h2-8,11,18H,9-10,12-13H2,1H3,(H2,21,24)(H,22,25)/t18-/m1/s1. The molecule has 0 bridgehead atoms. The van der Waals surface area contributed by atoms with Crippen molar-refractivity contribution in [3.05, 3.63) is 59.7 Å². The molecule has 1 atom stereocenters. The molecule has 7 heteroatoms. The molecule has 0 unspecified atom stereocenters. The summed E-state index contributed by atoms with van der Waals surface area (Å²) in [6.07, 6.45) is -0.128. The Labute approximate surface area is 158 Å². The van der Waals surface area contributed by atoms with Crippen molar-refractivity contribution in [1.82, 2.24) is 4.90 Å². The monoisotopic (exact) mass is 369 g/mol. The molecule has 3 rings (SSSR count). The van der Waals surface area contributed by atoms with Crippen molar-refractivity contribution >= 4 is 17.6 Å². The number of benzene rings is 2. The smallest absolute Gasteiger partial charge is 0.322 e. The molecule has 0 aliphatic carbocycles. The molecule has 2 aromatic rings. The summed E-state index contributed by atoms with van der Waals surface area (Å²) in [5.41, 5.74) is 7.65. The quantitative estimate of drug-likeness (QED) is 0.847. The number of hydrogen-bond donors (Lipinski definition) is 2. The summed E-state index contributed by atoms with van der Waals surface area (Å²) in [5.74, 6) is -0.00914. The Bertz CT molecular complexity index is 810. The molecule has 7 nitrogen and oxygen atoms in total. The normalized spacial score (nSPS) is 16.6. The van der Waals surface area contributed by atoms with Crippen LogP contribution in [-0.4, -0.2) is 43.1 Å². The van der Waals surface area contributed by atoms with Crippen molar-refractivity contribution < 1.29 is 19.1 Å². The van der Waals surface area contributed by atoms with Gasteiger partial charge in [0.25, 0.3) is 5.91 Å². The second kappa shape index (κ2) is 8.55. The maximum atomic E-state index is 12.7. The maximum Gasteiger partial charge on any atom is 0.322 e. The lowest BCUT2D eigenvalue weighted by molar-refractivity contribution is -0.119. The van der Waals surface area contributed by atoms with Gasteiger partial charge in [-0.15, -0.1) is 0 Å². The number of morpholine rings is 1. The van der Waals surface area contributed by atoms with E-state index in [0.717, 1.165) is 11.1 Å². The first-order valence-electron chi connectivity index (χ1n) is 8.77. The summed E-state index contributed by atoms with van der Waals surface area (Å²) in [6, 6.07) is 14.9. The van der Waals surface area contributed by atoms with Crippen LogP contribution in [0.2, 0.25) is 0 Å². The van der Waals surface area contributed by atoms with Gasteiger partial charge in [-0.1, -0.05) is 30.3 Å². The summed E-state index contributed by atoms with van der Waals surface area (Å²) in [6.45, 7) is 3.20. The van der Waals surface area contributed by atoms with E-state index >= 15 is 0 Å². The number of nitrogens with zero attached hydrogens (tertiary/aromatic N) is 1. The Morgan fingerprint density at radius 2 is 2.04 bits per heavy atom. The Balaban J connectivity index is 1.62. The summed E-state index contributed by atoms with van der Waals surface area (Å²) >= 11 is 0. The first kappa shape index (κ1) is 18.7. The SMILES string of the molecule is Cc1cc(OCC(N)=O)ccc1NC(=O)N1CCO[C@@H](c2ccccc2)C1. The molecular formula is C20H23N3O4. The predicted octanol–water partition coefficient (Wildman–Crippen LogP) is 2.46. The zero-order chi connectivity index (χ0) is 19.2. The molecule has 3 amide bonds. The van der Waals surface area contributed by atoms with Gasteiger partial charge in [-0.25, -0.2) is 4.79 Å². The minimum absolute atomic E-state index is 0.128. The van der Waals surface area contributed by atoms with Gasteiger partial charge >= 0.3 is 6.03 Å². The number of hydrogen-bond acceptors (Lipinski definition) is 4. The van der Waals surface area contributed by atoms with Crippen LogP contribution in [0.15, 0.2) is 48.5 Å². The summed E-state index contributed by atoms with van der Waals surface area (Å²) < 4.78 is 11.1. The molecule has 1 saturated heterocycles. The predicted molar refractivity (Wildman–Crippen MR) is 102 cm³/mol. The number of nitrogens with two attached hydrogens (primary N) is 1. The van der Waals surface area contributed by atoms with Crippen molar-refractivity contribution in [1.29, 1.82) is 0 Å². The average Bonchev–Trinajstić information content (AvgIpc) is 2.69. The molecule has 1 heterocycles. The number of anilines is 1. The van der Waals surface area contributed by atoms with E-state index in [2.05, 4.69) is 5.32 Å². The van der Waals surface area contributed by atoms with E-state index in [1.165, 1.54) is 0 Å². The van der Waals surface area contributed by atoms with Gasteiger partial charge in [0.15, 0.2) is 6.61 Å². The molecule has 0 saturated carbocycles. The number of primary amides is 1. The minimum atomic E-state index is -0.537. The van der Waals surface area contributed by atoms with E-state index in [4.69, 9.17) is 15.2 Å². The molecule has 27 heavy (non-hydrogen) atoms. The van der Waals surface area contributed by atoms with Crippen LogP contribution >= 0.6 is 0 Å². The first-order valence-corrected chi connectivity index (χ1v) is 8.77. The highest BCUT2D eigenvalue weighted by molar-refractivity contribution is 5.90. The number of urea groups is 1. The molecule has 142 valence electrons. The fourth-order valence-corrected chi connectivity index (χ4v) is 2.92. The van der Waals surface area contributed by atoms with Gasteiger partial charge in [-0.05, 0) is 36.2 Å². The van der Waals surface area contributed by atoms with Crippen LogP contribution in [0.25, 0.3) is 0 Å². The molecule has 0 radical (unpaired) electrons. The highest BCUT2D eigenvalue weighted by Crippen LogP contribution is 2.24. The van der Waals surface area contributed by atoms with Crippen molar-refractivity contribution in [2.45, 2.75) is 13.0 Å². The van der Waals surface area contributed by atoms with Gasteiger partial charge in [-0.3, -0.25) is 4.79 Å². The first-order chi connectivity index (χ1) is 13.0. The topological polar surface area (TPSA) is 93.9 Å². The molecule has 0 aromatic heterocycles. The number of nitrogens with one attached hydrogen (secondary N) is 1. The molecule has 2 aromatic carbocycles. The minimum Gasteiger partial charge on any atom is -0.484 e. The third kappa shape index (κ3) is 4.98. The van der Waals surface area contributed by atoms with Crippen molar-refractivity contribution in [3.63, 3.8) is 0 Å². The number of ether oxygens (including phenoxy) is 2. The van der Waals surface area contributed by atoms with Gasteiger partial charge in [0.05, 0.1) is 13.2 Å². The Kier molecular flexibility index (Phi) is 5.93. The van der Waals surface area contributed by atoms with Crippen molar-refractivity contribution in [2.24, 2.45) is 5.73 Å². The number of carbonyl (C=O) groups is 2. The van der Waals surface area contributed by atoms with Crippen molar-refractivity contribution in [2.75, 3.05) is 31.6 Å². The second-order valence-corrected chi connectivity index (χ2v) is 6.38. The Morgan fingerprint density at radius 3 is 2.74 bits per heavy atom. The van der Waals surface area contributed by atoms with E-state index in [1.54, 1.807) is 23.1 Å². The molecule has 1 fully saturated rings. The van der Waals surface area contributed by atoms with E-state index in [9.17, 15) is 9.59 Å². The summed E-state index contributed by atoms with van der Waals surface area (Å²) in [4.78, 5) is 25.2. The van der Waals surface area contributed by atoms with Crippen LogP contribution in [0.3, 0.4) is 0 Å². The Hall–Kier alpha value is -3.06. The molecule has 1 aliphatic heterocycles. The van der Waals surface area contributed by atoms with Crippen LogP contribution in [0, 0.1) is 6.92 Å². The average molecular weight is 369 g/mol. The summed E-state index contributed by atoms with van der Waals surface area (Å²) in [7, 11) is 0. The van der Waals surface area contributed by atoms with Crippen molar-refractivity contribution in [3.8, 4) is 5.75 Å². The lowest BCUT2D eigenvalue weighted by atomic mass is 10.1. The van der Waals surface area contributed by atoms with Crippen LogP contribution in [0.1, 0.15) is 17.2 Å². The van der Waals surface area contributed by atoms with Crippen LogP contribution < -0.4 is 15.8 Å². The fourth-order valence-electron chi connectivity index (χ4n) is 2.92. The highest BCUT2D eigenvalue weighted by atomic mass is 16.5. The van der Waals surface area contributed by atoms with Crippen LogP contribution in [-0.2, 0) is 9.53 Å². The molecule has 3 N–H and O–H groups in total. The fraction of sp³-hybridized carbons (Fsp3) is 0.300. The third-order valence-electron chi connectivity index (χ3n) is 4.35. The van der Waals surface area contributed by atoms with Crippen LogP contribution in [0.4, 0.5) is 10.5 Å². The number of rotatable bonds is 5. The van der Waals surface area contributed by atoms with Crippen LogP contribution in [0.5, 0.6) is 5.75 Å². The second-order valence-electron chi connectivity index (χ2n) is 6.38. The highest BCUT2D eigenvalue weighted by Gasteiger charge is 2.25. The van der Waals surface area contributed by atoms with Gasteiger partial charge in [0, 0.05) is 12.2 Å². The number of aryl methyl sites for hydroxylation is 1. The van der Waals surface area contributed by atoms with Gasteiger partial charge in [-0.2, -0.15) is 0 Å². The van der Waals surface area contributed by atoms with E-state index < -0.39 is 5.91 Å². The zero-order valence-electron chi connectivity index (χ0n) is 15.2. The Morgan fingerprint density at radius 1 is 1.26 bits per heavy atom. The maximum absolute atomic E-state index is 12.7. The largest absolute Gasteiger partial charge is 0.484 e. The molecule has 0 spiro atoms. The number of carbonyl (C=O) groups excluding carboxylic acids is 2. The van der Waals surface area contributed by atoms with E-state index in [-0.39, 0.29) is 18.7 Å². The lowest BCUT2D eigenvalue weighted by Gasteiger charge is -2.33. The third-order valence-corrected chi connectivity index (χ3v) is 4.35. The molecular weight excluding hydrogens is 346 g/mol. The number of amides is 3. The zero-order valence-corrected chi connectivity index (χ0v) is 15.2. The van der Waals surface area contributed by atoms with E-state index in [0.29, 0.717) is 31.1 Å². The molecule has 1 aliphatic rings. The summed E-state index contributed by atoms with van der Waals surface area (Å²) in [5, 5.41) is 2.93. The lowest BCUT2D eigenvalue weighted by Crippen LogP contribution is -2.44. The van der Waals surface area contributed by atoms with Gasteiger partial charge in [0.2, 0.25) is 0 Å². The van der Waals surface area contributed by atoms with Gasteiger partial charge < -0.3 is 25.4 Å². The van der Waals surface area contributed by atoms with Gasteiger partial charge in [0.1, 0.15) is 11.9 Å². The van der Waals surface area contributed by atoms with E-state index in [1.807, 2.05) is 37.3 Å².